The van der Waals surface area contributed by atoms with E-state index in [-0.39, 0.29) is 5.91 Å². The minimum Gasteiger partial charge on any atom is -0.465 e. The lowest BCUT2D eigenvalue weighted by atomic mass is 10.0. The van der Waals surface area contributed by atoms with Crippen molar-refractivity contribution in [3.8, 4) is 5.69 Å². The number of allylic oxidation sites excluding steroid dienone is 1. The Morgan fingerprint density at radius 1 is 1.14 bits per heavy atom. The molecule has 5 nitrogen and oxygen atoms in total. The molecule has 0 saturated heterocycles. The zero-order valence-electron chi connectivity index (χ0n) is 17.3. The maximum absolute atomic E-state index is 12.9. The van der Waals surface area contributed by atoms with Gasteiger partial charge in [-0.15, -0.1) is 0 Å². The molecule has 28 heavy (non-hydrogen) atoms. The number of benzene rings is 1. The number of hydrogen-bond donors (Lipinski definition) is 0. The van der Waals surface area contributed by atoms with Gasteiger partial charge in [-0.2, -0.15) is 0 Å². The molecule has 1 aliphatic rings. The van der Waals surface area contributed by atoms with Gasteiger partial charge < -0.3 is 14.2 Å². The van der Waals surface area contributed by atoms with Crippen LogP contribution >= 0.6 is 0 Å². The molecular formula is C23H26N2O3. The van der Waals surface area contributed by atoms with Crippen molar-refractivity contribution in [2.75, 3.05) is 13.7 Å². The molecule has 0 spiro atoms. The van der Waals surface area contributed by atoms with Crippen molar-refractivity contribution in [2.24, 2.45) is 0 Å². The summed E-state index contributed by atoms with van der Waals surface area (Å²) < 4.78 is 7.11. The number of rotatable bonds is 4. The Balaban J connectivity index is 2.16. The van der Waals surface area contributed by atoms with Gasteiger partial charge in [0.25, 0.3) is 5.91 Å². The molecule has 0 N–H and O–H groups in total. The summed E-state index contributed by atoms with van der Waals surface area (Å²) in [6, 6.07) is 10.2. The topological polar surface area (TPSA) is 51.5 Å². The van der Waals surface area contributed by atoms with E-state index in [1.807, 2.05) is 45.0 Å². The number of esters is 1. The molecule has 1 aliphatic heterocycles. The number of hydrogen-bond acceptors (Lipinski definition) is 3. The molecule has 1 aromatic heterocycles. The van der Waals surface area contributed by atoms with Gasteiger partial charge in [0.05, 0.1) is 18.3 Å². The maximum Gasteiger partial charge on any atom is 0.340 e. The van der Waals surface area contributed by atoms with E-state index in [4.69, 9.17) is 4.74 Å². The average Bonchev–Trinajstić information content (AvgIpc) is 3.08. The smallest absolute Gasteiger partial charge is 0.340 e. The fourth-order valence-corrected chi connectivity index (χ4v) is 3.88. The van der Waals surface area contributed by atoms with Crippen molar-refractivity contribution in [3.05, 3.63) is 69.7 Å². The zero-order valence-corrected chi connectivity index (χ0v) is 17.3. The van der Waals surface area contributed by atoms with E-state index < -0.39 is 5.97 Å². The Morgan fingerprint density at radius 3 is 2.43 bits per heavy atom. The molecule has 0 atom stereocenters. The Hall–Kier alpha value is -3.08. The summed E-state index contributed by atoms with van der Waals surface area (Å²) in [4.78, 5) is 26.9. The summed E-state index contributed by atoms with van der Waals surface area (Å²) in [5.41, 5.74) is 6.64. The zero-order chi connectivity index (χ0) is 20.6. The van der Waals surface area contributed by atoms with Crippen LogP contribution in [0.25, 0.3) is 11.8 Å². The van der Waals surface area contributed by atoms with Gasteiger partial charge in [0, 0.05) is 29.3 Å². The largest absolute Gasteiger partial charge is 0.465 e. The van der Waals surface area contributed by atoms with Gasteiger partial charge in [0.15, 0.2) is 0 Å². The van der Waals surface area contributed by atoms with Crippen molar-refractivity contribution in [1.29, 1.82) is 0 Å². The third kappa shape index (κ3) is 3.07. The highest BCUT2D eigenvalue weighted by atomic mass is 16.5. The van der Waals surface area contributed by atoms with Crippen molar-refractivity contribution < 1.29 is 14.3 Å². The van der Waals surface area contributed by atoms with Crippen LogP contribution < -0.4 is 0 Å². The van der Waals surface area contributed by atoms with E-state index in [0.717, 1.165) is 22.6 Å². The first-order valence-electron chi connectivity index (χ1n) is 9.39. The van der Waals surface area contributed by atoms with Crippen LogP contribution in [0.2, 0.25) is 0 Å². The standard InChI is InChI=1S/C23H26N2O3/c1-7-24-17(5)21(23(27)28-6)19(22(24)26)13-18-12-15(3)25(16(18)4)20-11-9-8-10-14(20)2/h8-13H,7H2,1-6H3/b19-13-. The quantitative estimate of drug-likeness (QED) is 0.595. The second-order valence-corrected chi connectivity index (χ2v) is 7.01. The molecule has 0 aliphatic carbocycles. The van der Waals surface area contributed by atoms with Gasteiger partial charge in [-0.1, -0.05) is 18.2 Å². The molecule has 5 heteroatoms. The Kier molecular flexibility index (Phi) is 5.27. The number of likely N-dealkylation sites (N-methyl/N-ethyl adjacent to an activating group) is 1. The maximum atomic E-state index is 12.9. The van der Waals surface area contributed by atoms with E-state index in [0.29, 0.717) is 23.4 Å². The van der Waals surface area contributed by atoms with Crippen LogP contribution in [0.4, 0.5) is 0 Å². The molecule has 146 valence electrons. The molecule has 1 aromatic carbocycles. The summed E-state index contributed by atoms with van der Waals surface area (Å²) in [6.07, 6.45) is 1.81. The summed E-state index contributed by atoms with van der Waals surface area (Å²) >= 11 is 0. The molecule has 2 heterocycles. The summed E-state index contributed by atoms with van der Waals surface area (Å²) in [5, 5.41) is 0. The van der Waals surface area contributed by atoms with Crippen LogP contribution in [0, 0.1) is 20.8 Å². The van der Waals surface area contributed by atoms with Gasteiger partial charge in [-0.05, 0) is 64.0 Å². The average molecular weight is 378 g/mol. The molecule has 0 fully saturated rings. The second kappa shape index (κ2) is 7.50. The number of ether oxygens (including phenoxy) is 1. The monoisotopic (exact) mass is 378 g/mol. The predicted molar refractivity (Wildman–Crippen MR) is 110 cm³/mol. The predicted octanol–water partition coefficient (Wildman–Crippen LogP) is 4.10. The Labute approximate surface area is 165 Å². The van der Waals surface area contributed by atoms with Crippen molar-refractivity contribution in [2.45, 2.75) is 34.6 Å². The second-order valence-electron chi connectivity index (χ2n) is 7.01. The molecule has 0 unspecified atom stereocenters. The first-order valence-corrected chi connectivity index (χ1v) is 9.39. The van der Waals surface area contributed by atoms with Gasteiger partial charge in [-0.3, -0.25) is 4.79 Å². The number of para-hydroxylation sites is 1. The van der Waals surface area contributed by atoms with Gasteiger partial charge in [0.1, 0.15) is 0 Å². The highest BCUT2D eigenvalue weighted by molar-refractivity contribution is 6.16. The van der Waals surface area contributed by atoms with E-state index in [1.54, 1.807) is 11.8 Å². The van der Waals surface area contributed by atoms with E-state index in [1.165, 1.54) is 12.7 Å². The first kappa shape index (κ1) is 19.7. The van der Waals surface area contributed by atoms with E-state index >= 15 is 0 Å². The van der Waals surface area contributed by atoms with Crippen LogP contribution in [-0.2, 0) is 14.3 Å². The number of amides is 1. The fourth-order valence-electron chi connectivity index (χ4n) is 3.88. The minimum atomic E-state index is -0.485. The number of methoxy groups -OCH3 is 1. The third-order valence-corrected chi connectivity index (χ3v) is 5.34. The molecule has 3 rings (SSSR count). The molecule has 1 amide bonds. The normalized spacial score (nSPS) is 15.7. The number of aryl methyl sites for hydroxylation is 2. The van der Waals surface area contributed by atoms with Gasteiger partial charge in [-0.25, -0.2) is 4.79 Å². The number of aromatic nitrogens is 1. The summed E-state index contributed by atoms with van der Waals surface area (Å²) in [6.45, 7) is 10.3. The van der Waals surface area contributed by atoms with Gasteiger partial charge in [0.2, 0.25) is 0 Å². The molecule has 0 radical (unpaired) electrons. The number of nitrogens with zero attached hydrogens (tertiary/aromatic N) is 2. The van der Waals surface area contributed by atoms with E-state index in [2.05, 4.69) is 23.6 Å². The van der Waals surface area contributed by atoms with Crippen LogP contribution in [0.5, 0.6) is 0 Å². The van der Waals surface area contributed by atoms with E-state index in [9.17, 15) is 9.59 Å². The van der Waals surface area contributed by atoms with Crippen molar-refractivity contribution >= 4 is 18.0 Å². The molecule has 2 aromatic rings. The van der Waals surface area contributed by atoms with Crippen molar-refractivity contribution in [1.82, 2.24) is 9.47 Å². The minimum absolute atomic E-state index is 0.166. The number of carbonyl (C=O) groups excluding carboxylic acids is 2. The van der Waals surface area contributed by atoms with Gasteiger partial charge >= 0.3 is 5.97 Å². The van der Waals surface area contributed by atoms with Crippen LogP contribution in [0.15, 0.2) is 47.2 Å². The lowest BCUT2D eigenvalue weighted by Crippen LogP contribution is -2.24. The fraction of sp³-hybridized carbons (Fsp3) is 0.304. The third-order valence-electron chi connectivity index (χ3n) is 5.34. The highest BCUT2D eigenvalue weighted by Gasteiger charge is 2.36. The molecule has 0 bridgehead atoms. The SMILES string of the molecule is CCN1C(=O)/C(=C\c2cc(C)n(-c3ccccc3C)c2C)C(C(=O)OC)=C1C. The summed E-state index contributed by atoms with van der Waals surface area (Å²) in [5.74, 6) is -0.651. The summed E-state index contributed by atoms with van der Waals surface area (Å²) in [7, 11) is 1.34. The molecule has 0 saturated carbocycles. The Morgan fingerprint density at radius 2 is 1.82 bits per heavy atom. The highest BCUT2D eigenvalue weighted by Crippen LogP contribution is 2.33. The number of carbonyl (C=O) groups is 2. The van der Waals surface area contributed by atoms with Crippen LogP contribution in [0.1, 0.15) is 36.4 Å². The lowest BCUT2D eigenvalue weighted by Gasteiger charge is -2.14. The first-order chi connectivity index (χ1) is 13.3. The Bertz CT molecular complexity index is 1020. The van der Waals surface area contributed by atoms with Crippen LogP contribution in [-0.4, -0.2) is 35.0 Å². The van der Waals surface area contributed by atoms with Crippen molar-refractivity contribution in [3.63, 3.8) is 0 Å². The van der Waals surface area contributed by atoms with Crippen LogP contribution in [0.3, 0.4) is 0 Å². The lowest BCUT2D eigenvalue weighted by molar-refractivity contribution is -0.136. The molecular weight excluding hydrogens is 352 g/mol.